The number of benzene rings is 3. The molecule has 0 radical (unpaired) electrons. The van der Waals surface area contributed by atoms with Crippen molar-refractivity contribution in [3.8, 4) is 17.2 Å². The number of ether oxygens (including phenoxy) is 3. The lowest BCUT2D eigenvalue weighted by Gasteiger charge is -2.15. The molecule has 4 rings (SSSR count). The summed E-state index contributed by atoms with van der Waals surface area (Å²) in [5.74, 6) is 1.71. The maximum absolute atomic E-state index is 13.1. The number of thiocarbonyl (C=S) groups is 1. The van der Waals surface area contributed by atoms with E-state index >= 15 is 0 Å². The van der Waals surface area contributed by atoms with Gasteiger partial charge in [0, 0.05) is 16.7 Å². The predicted molar refractivity (Wildman–Crippen MR) is 145 cm³/mol. The molecule has 1 heterocycles. The van der Waals surface area contributed by atoms with Crippen LogP contribution in [0.25, 0.3) is 6.08 Å². The molecule has 3 aromatic rings. The molecule has 0 unspecified atom stereocenters. The lowest BCUT2D eigenvalue weighted by molar-refractivity contribution is -0.113. The Balaban J connectivity index is 1.56. The number of hydrogen-bond donors (Lipinski definition) is 0. The van der Waals surface area contributed by atoms with E-state index in [2.05, 4.69) is 15.9 Å². The zero-order valence-corrected chi connectivity index (χ0v) is 22.2. The summed E-state index contributed by atoms with van der Waals surface area (Å²) in [6.45, 7) is 0.374. The Labute approximate surface area is 220 Å². The van der Waals surface area contributed by atoms with Gasteiger partial charge in [0.15, 0.2) is 4.32 Å². The third kappa shape index (κ3) is 5.41. The second-order valence-electron chi connectivity index (χ2n) is 7.15. The van der Waals surface area contributed by atoms with Gasteiger partial charge in [-0.3, -0.25) is 9.69 Å². The maximum Gasteiger partial charge on any atom is 0.270 e. The second-order valence-corrected chi connectivity index (χ2v) is 10.1. The van der Waals surface area contributed by atoms with Crippen molar-refractivity contribution in [1.29, 1.82) is 0 Å². The summed E-state index contributed by atoms with van der Waals surface area (Å²) in [5, 5.41) is 0.674. The summed E-state index contributed by atoms with van der Waals surface area (Å²) in [5.41, 5.74) is 2.40. The van der Waals surface area contributed by atoms with Crippen molar-refractivity contribution in [1.82, 2.24) is 0 Å². The molecular weight excluding hydrogens is 558 g/mol. The lowest BCUT2D eigenvalue weighted by Crippen LogP contribution is -2.27. The molecule has 0 N–H and O–H groups in total. The van der Waals surface area contributed by atoms with Crippen molar-refractivity contribution >= 4 is 73.5 Å². The van der Waals surface area contributed by atoms with Gasteiger partial charge in [-0.15, -0.1) is 0 Å². The largest absolute Gasteiger partial charge is 0.497 e. The molecule has 9 heteroatoms. The van der Waals surface area contributed by atoms with Gasteiger partial charge in [-0.25, -0.2) is 0 Å². The van der Waals surface area contributed by atoms with Crippen LogP contribution in [0.2, 0.25) is 5.02 Å². The number of rotatable bonds is 7. The highest BCUT2D eigenvalue weighted by Gasteiger charge is 2.33. The summed E-state index contributed by atoms with van der Waals surface area (Å²) >= 11 is 16.2. The molecule has 34 heavy (non-hydrogen) atoms. The van der Waals surface area contributed by atoms with Crippen LogP contribution in [0.4, 0.5) is 5.69 Å². The van der Waals surface area contributed by atoms with Gasteiger partial charge in [-0.2, -0.15) is 0 Å². The van der Waals surface area contributed by atoms with Crippen molar-refractivity contribution in [2.24, 2.45) is 0 Å². The number of carbonyl (C=O) groups is 1. The number of anilines is 1. The van der Waals surface area contributed by atoms with Gasteiger partial charge in [0.05, 0.1) is 29.3 Å². The number of carbonyl (C=O) groups excluding carboxylic acids is 1. The van der Waals surface area contributed by atoms with Crippen LogP contribution in [0.3, 0.4) is 0 Å². The zero-order valence-electron chi connectivity index (χ0n) is 18.2. The number of halogens is 2. The van der Waals surface area contributed by atoms with Gasteiger partial charge in [0.25, 0.3) is 5.91 Å². The standard InChI is InChI=1S/C25H19BrClNO4S2/c1-30-19-9-7-18(8-10-19)28-24(29)23(34-25(28)33)12-16-11-20(26)22(13-21(16)31-2)32-14-15-3-5-17(27)6-4-15/h3-13H,14H2,1-2H3/b23-12-. The summed E-state index contributed by atoms with van der Waals surface area (Å²) in [6, 6.07) is 18.3. The van der Waals surface area contributed by atoms with Crippen LogP contribution in [0.5, 0.6) is 17.2 Å². The van der Waals surface area contributed by atoms with E-state index < -0.39 is 0 Å². The molecule has 0 aliphatic carbocycles. The Morgan fingerprint density at radius 2 is 1.74 bits per heavy atom. The summed E-state index contributed by atoms with van der Waals surface area (Å²) in [7, 11) is 3.17. The van der Waals surface area contributed by atoms with E-state index in [0.717, 1.165) is 15.6 Å². The van der Waals surface area contributed by atoms with Crippen molar-refractivity contribution in [3.05, 3.63) is 86.2 Å². The van der Waals surface area contributed by atoms with Crippen molar-refractivity contribution in [2.45, 2.75) is 6.61 Å². The monoisotopic (exact) mass is 575 g/mol. The molecule has 0 atom stereocenters. The van der Waals surface area contributed by atoms with Crippen LogP contribution in [0.1, 0.15) is 11.1 Å². The predicted octanol–water partition coefficient (Wildman–Crippen LogP) is 7.10. The maximum atomic E-state index is 13.1. The average molecular weight is 577 g/mol. The van der Waals surface area contributed by atoms with Gasteiger partial charge in [-0.1, -0.05) is 47.7 Å². The van der Waals surface area contributed by atoms with Crippen LogP contribution < -0.4 is 19.1 Å². The number of methoxy groups -OCH3 is 2. The van der Waals surface area contributed by atoms with E-state index in [0.29, 0.717) is 43.8 Å². The quantitative estimate of drug-likeness (QED) is 0.221. The number of thioether (sulfide) groups is 1. The fourth-order valence-corrected chi connectivity index (χ4v) is 5.15. The summed E-state index contributed by atoms with van der Waals surface area (Å²) < 4.78 is 17.9. The van der Waals surface area contributed by atoms with Crippen LogP contribution in [-0.2, 0) is 11.4 Å². The Morgan fingerprint density at radius 3 is 2.38 bits per heavy atom. The van der Waals surface area contributed by atoms with Crippen LogP contribution >= 0.6 is 51.5 Å². The average Bonchev–Trinajstić information content (AvgIpc) is 3.12. The first-order chi connectivity index (χ1) is 16.4. The molecule has 5 nitrogen and oxygen atoms in total. The highest BCUT2D eigenvalue weighted by atomic mass is 79.9. The molecular formula is C25H19BrClNO4S2. The van der Waals surface area contributed by atoms with Gasteiger partial charge in [0.2, 0.25) is 0 Å². The highest BCUT2D eigenvalue weighted by molar-refractivity contribution is 9.10. The minimum atomic E-state index is -0.193. The summed E-state index contributed by atoms with van der Waals surface area (Å²) in [4.78, 5) is 15.2. The van der Waals surface area contributed by atoms with Crippen molar-refractivity contribution in [2.75, 3.05) is 19.1 Å². The molecule has 1 amide bonds. The molecule has 1 aliphatic rings. The van der Waals surface area contributed by atoms with Crippen molar-refractivity contribution in [3.63, 3.8) is 0 Å². The SMILES string of the molecule is COc1ccc(N2C(=O)/C(=C/c3cc(Br)c(OCc4ccc(Cl)cc4)cc3OC)SC2=S)cc1. The summed E-state index contributed by atoms with van der Waals surface area (Å²) in [6.07, 6.45) is 1.77. The van der Waals surface area contributed by atoms with Crippen LogP contribution in [0, 0.1) is 0 Å². The number of nitrogens with zero attached hydrogens (tertiary/aromatic N) is 1. The van der Waals surface area contributed by atoms with E-state index in [9.17, 15) is 4.79 Å². The first-order valence-electron chi connectivity index (χ1n) is 10.1. The van der Waals surface area contributed by atoms with Crippen molar-refractivity contribution < 1.29 is 19.0 Å². The molecule has 0 spiro atoms. The van der Waals surface area contributed by atoms with E-state index in [1.807, 2.05) is 30.3 Å². The minimum absolute atomic E-state index is 0.193. The van der Waals surface area contributed by atoms with Gasteiger partial charge in [-0.05, 0) is 70.0 Å². The molecule has 174 valence electrons. The van der Waals surface area contributed by atoms with E-state index in [1.54, 1.807) is 50.6 Å². The minimum Gasteiger partial charge on any atom is -0.497 e. The Morgan fingerprint density at radius 1 is 1.03 bits per heavy atom. The van der Waals surface area contributed by atoms with Gasteiger partial charge < -0.3 is 14.2 Å². The number of hydrogen-bond acceptors (Lipinski definition) is 6. The molecule has 1 aliphatic heterocycles. The first kappa shape index (κ1) is 24.6. The lowest BCUT2D eigenvalue weighted by atomic mass is 10.1. The molecule has 1 fully saturated rings. The van der Waals surface area contributed by atoms with E-state index in [4.69, 9.17) is 38.0 Å². The Bertz CT molecular complexity index is 1260. The second kappa shape index (κ2) is 10.8. The first-order valence-corrected chi connectivity index (χ1v) is 12.5. The fraction of sp³-hybridized carbons (Fsp3) is 0.120. The third-order valence-electron chi connectivity index (χ3n) is 5.00. The molecule has 0 bridgehead atoms. The normalized spacial score (nSPS) is 14.6. The van der Waals surface area contributed by atoms with E-state index in [1.165, 1.54) is 16.7 Å². The third-order valence-corrected chi connectivity index (χ3v) is 7.18. The smallest absolute Gasteiger partial charge is 0.270 e. The highest BCUT2D eigenvalue weighted by Crippen LogP contribution is 2.40. The fourth-order valence-electron chi connectivity index (χ4n) is 3.25. The Kier molecular flexibility index (Phi) is 7.83. The zero-order chi connectivity index (χ0) is 24.2. The Hall–Kier alpha value is -2.52. The molecule has 3 aromatic carbocycles. The molecule has 0 aromatic heterocycles. The topological polar surface area (TPSA) is 48.0 Å². The number of amides is 1. The van der Waals surface area contributed by atoms with E-state index in [-0.39, 0.29) is 5.91 Å². The van der Waals surface area contributed by atoms with Gasteiger partial charge in [0.1, 0.15) is 23.9 Å². The van der Waals surface area contributed by atoms with Crippen LogP contribution in [-0.4, -0.2) is 24.4 Å². The molecule has 1 saturated heterocycles. The van der Waals surface area contributed by atoms with Gasteiger partial charge >= 0.3 is 0 Å². The molecule has 0 saturated carbocycles. The van der Waals surface area contributed by atoms with Crippen LogP contribution in [0.15, 0.2) is 70.0 Å².